The minimum Gasteiger partial charge on any atom is -0.314 e. The minimum absolute atomic E-state index is 0.976. The standard InChI is InChI=1S/C48H39N/c1-5-15-36(16-6-1)38-25-29-42(30-26-38)49(43-31-27-39(28-32-43)37-17-7-2-8-18-37)44-33-34-46(41-21-11-4-12-22-41)48(35-44)47-24-14-13-23-45(47)40-19-9-3-10-20-40/h1-7,9-17,19-27,29-31,33-35H,8,18,28,32H2. The molecule has 0 aliphatic heterocycles. The van der Waals surface area contributed by atoms with E-state index in [0.29, 0.717) is 0 Å². The fraction of sp³-hybridized carbons (Fsp3) is 0.0833. The van der Waals surface area contributed by atoms with Crippen molar-refractivity contribution in [3.05, 3.63) is 205 Å². The van der Waals surface area contributed by atoms with Crippen molar-refractivity contribution in [2.75, 3.05) is 4.90 Å². The summed E-state index contributed by atoms with van der Waals surface area (Å²) in [6.07, 6.45) is 15.8. The zero-order chi connectivity index (χ0) is 32.8. The van der Waals surface area contributed by atoms with Crippen molar-refractivity contribution in [3.8, 4) is 44.5 Å². The first-order valence-electron chi connectivity index (χ1n) is 17.4. The Kier molecular flexibility index (Phi) is 8.72. The fourth-order valence-electron chi connectivity index (χ4n) is 7.22. The fourth-order valence-corrected chi connectivity index (χ4v) is 7.22. The zero-order valence-corrected chi connectivity index (χ0v) is 27.7. The summed E-state index contributed by atoms with van der Waals surface area (Å²) in [7, 11) is 0. The molecule has 8 rings (SSSR count). The van der Waals surface area contributed by atoms with Crippen LogP contribution in [0.2, 0.25) is 0 Å². The summed E-state index contributed by atoms with van der Waals surface area (Å²) in [6, 6.07) is 57.1. The summed E-state index contributed by atoms with van der Waals surface area (Å²) < 4.78 is 0. The van der Waals surface area contributed by atoms with Gasteiger partial charge in [0.05, 0.1) is 0 Å². The molecule has 0 fully saturated rings. The average molecular weight is 630 g/mol. The van der Waals surface area contributed by atoms with Gasteiger partial charge in [0, 0.05) is 17.1 Å². The Morgan fingerprint density at radius 1 is 0.367 bits per heavy atom. The van der Waals surface area contributed by atoms with Crippen LogP contribution in [0, 0.1) is 0 Å². The van der Waals surface area contributed by atoms with Crippen molar-refractivity contribution >= 4 is 11.4 Å². The summed E-state index contributed by atoms with van der Waals surface area (Å²) in [6.45, 7) is 0. The van der Waals surface area contributed by atoms with Gasteiger partial charge in [-0.15, -0.1) is 0 Å². The second-order valence-corrected chi connectivity index (χ2v) is 12.8. The molecule has 0 spiro atoms. The normalized spacial score (nSPS) is 14.1. The Hall–Kier alpha value is -5.92. The van der Waals surface area contributed by atoms with Crippen molar-refractivity contribution in [2.45, 2.75) is 25.7 Å². The second-order valence-electron chi connectivity index (χ2n) is 12.8. The van der Waals surface area contributed by atoms with Gasteiger partial charge in [0.1, 0.15) is 0 Å². The molecule has 1 heteroatoms. The lowest BCUT2D eigenvalue weighted by molar-refractivity contribution is 0.851. The van der Waals surface area contributed by atoms with Gasteiger partial charge in [-0.25, -0.2) is 0 Å². The van der Waals surface area contributed by atoms with Gasteiger partial charge in [-0.1, -0.05) is 158 Å². The molecule has 49 heavy (non-hydrogen) atoms. The lowest BCUT2D eigenvalue weighted by atomic mass is 9.88. The topological polar surface area (TPSA) is 3.24 Å². The van der Waals surface area contributed by atoms with E-state index in [0.717, 1.165) is 37.1 Å². The van der Waals surface area contributed by atoms with E-state index in [1.807, 2.05) is 0 Å². The highest BCUT2D eigenvalue weighted by atomic mass is 15.1. The molecule has 0 heterocycles. The molecule has 0 amide bonds. The van der Waals surface area contributed by atoms with Gasteiger partial charge in [-0.05, 0) is 112 Å². The number of hydrogen-bond acceptors (Lipinski definition) is 1. The highest BCUT2D eigenvalue weighted by molar-refractivity contribution is 5.94. The third-order valence-electron chi connectivity index (χ3n) is 9.72. The summed E-state index contributed by atoms with van der Waals surface area (Å²) in [5.41, 5.74) is 16.4. The molecular weight excluding hydrogens is 591 g/mol. The summed E-state index contributed by atoms with van der Waals surface area (Å²) in [5.74, 6) is 0. The van der Waals surface area contributed by atoms with Crippen LogP contribution in [0.25, 0.3) is 44.5 Å². The second kappa shape index (κ2) is 14.1. The third kappa shape index (κ3) is 6.49. The monoisotopic (exact) mass is 629 g/mol. The van der Waals surface area contributed by atoms with E-state index in [9.17, 15) is 0 Å². The van der Waals surface area contributed by atoms with Gasteiger partial charge in [0.15, 0.2) is 0 Å². The van der Waals surface area contributed by atoms with Gasteiger partial charge in [0.2, 0.25) is 0 Å². The Morgan fingerprint density at radius 2 is 0.918 bits per heavy atom. The molecule has 0 saturated carbocycles. The molecule has 0 aromatic heterocycles. The molecular formula is C48H39N. The first kappa shape index (κ1) is 30.4. The maximum Gasteiger partial charge on any atom is 0.0465 e. The molecule has 0 bridgehead atoms. The number of allylic oxidation sites excluding steroid dienone is 8. The minimum atomic E-state index is 0.976. The summed E-state index contributed by atoms with van der Waals surface area (Å²) >= 11 is 0. The van der Waals surface area contributed by atoms with Crippen LogP contribution in [0.5, 0.6) is 0 Å². The molecule has 0 radical (unpaired) electrons. The number of rotatable bonds is 8. The van der Waals surface area contributed by atoms with Crippen LogP contribution in [0.4, 0.5) is 11.4 Å². The molecule has 0 saturated heterocycles. The molecule has 236 valence electrons. The smallest absolute Gasteiger partial charge is 0.0465 e. The van der Waals surface area contributed by atoms with Gasteiger partial charge < -0.3 is 4.90 Å². The van der Waals surface area contributed by atoms with Crippen molar-refractivity contribution in [3.63, 3.8) is 0 Å². The Morgan fingerprint density at radius 3 is 1.53 bits per heavy atom. The molecule has 2 aliphatic carbocycles. The van der Waals surface area contributed by atoms with Crippen LogP contribution in [0.3, 0.4) is 0 Å². The number of nitrogens with zero attached hydrogens (tertiary/aromatic N) is 1. The number of anilines is 2. The van der Waals surface area contributed by atoms with Crippen LogP contribution in [-0.4, -0.2) is 0 Å². The van der Waals surface area contributed by atoms with Crippen molar-refractivity contribution in [1.82, 2.24) is 0 Å². The predicted octanol–water partition coefficient (Wildman–Crippen LogP) is 13.4. The number of hydrogen-bond donors (Lipinski definition) is 0. The van der Waals surface area contributed by atoms with Crippen LogP contribution >= 0.6 is 0 Å². The van der Waals surface area contributed by atoms with Crippen molar-refractivity contribution < 1.29 is 0 Å². The SMILES string of the molecule is C1=CCCC(C2=CC=C(N(c3ccc(-c4ccccc4)cc3)c3ccc(-c4ccccc4)c(-c4ccccc4-c4ccccc4)c3)CC2)=C1. The van der Waals surface area contributed by atoms with E-state index in [2.05, 4.69) is 193 Å². The van der Waals surface area contributed by atoms with Gasteiger partial charge in [-0.2, -0.15) is 0 Å². The van der Waals surface area contributed by atoms with E-state index in [1.54, 1.807) is 0 Å². The molecule has 6 aromatic carbocycles. The third-order valence-corrected chi connectivity index (χ3v) is 9.72. The Balaban J connectivity index is 1.29. The zero-order valence-electron chi connectivity index (χ0n) is 27.7. The predicted molar refractivity (Wildman–Crippen MR) is 209 cm³/mol. The van der Waals surface area contributed by atoms with Gasteiger partial charge in [0.25, 0.3) is 0 Å². The molecule has 6 aromatic rings. The Bertz CT molecular complexity index is 2180. The first-order valence-corrected chi connectivity index (χ1v) is 17.4. The van der Waals surface area contributed by atoms with Crippen LogP contribution in [0.15, 0.2) is 205 Å². The lowest BCUT2D eigenvalue weighted by Crippen LogP contribution is -2.18. The van der Waals surface area contributed by atoms with E-state index in [4.69, 9.17) is 0 Å². The number of benzene rings is 6. The van der Waals surface area contributed by atoms with E-state index < -0.39 is 0 Å². The van der Waals surface area contributed by atoms with Crippen LogP contribution in [-0.2, 0) is 0 Å². The Labute approximate surface area is 290 Å². The van der Waals surface area contributed by atoms with Gasteiger partial charge >= 0.3 is 0 Å². The maximum absolute atomic E-state index is 2.47. The van der Waals surface area contributed by atoms with Crippen LogP contribution < -0.4 is 4.90 Å². The van der Waals surface area contributed by atoms with Gasteiger partial charge in [-0.3, -0.25) is 0 Å². The highest BCUT2D eigenvalue weighted by Crippen LogP contribution is 2.43. The molecule has 1 nitrogen and oxygen atoms in total. The van der Waals surface area contributed by atoms with Crippen molar-refractivity contribution in [2.24, 2.45) is 0 Å². The first-order chi connectivity index (χ1) is 24.3. The summed E-state index contributed by atoms with van der Waals surface area (Å²) in [5, 5.41) is 0. The average Bonchev–Trinajstić information content (AvgIpc) is 3.20. The van der Waals surface area contributed by atoms with Crippen molar-refractivity contribution in [1.29, 1.82) is 0 Å². The quantitative estimate of drug-likeness (QED) is 0.162. The lowest BCUT2D eigenvalue weighted by Gasteiger charge is -2.31. The van der Waals surface area contributed by atoms with E-state index in [1.165, 1.54) is 61.4 Å². The summed E-state index contributed by atoms with van der Waals surface area (Å²) in [4.78, 5) is 2.47. The molecule has 0 atom stereocenters. The highest BCUT2D eigenvalue weighted by Gasteiger charge is 2.21. The maximum atomic E-state index is 2.47. The van der Waals surface area contributed by atoms with Crippen LogP contribution in [0.1, 0.15) is 25.7 Å². The van der Waals surface area contributed by atoms with E-state index >= 15 is 0 Å². The molecule has 0 unspecified atom stereocenters. The largest absolute Gasteiger partial charge is 0.314 e. The van der Waals surface area contributed by atoms with E-state index in [-0.39, 0.29) is 0 Å². The molecule has 0 N–H and O–H groups in total. The molecule has 2 aliphatic rings.